The molecule has 1 saturated carbocycles. The van der Waals surface area contributed by atoms with Crippen LogP contribution in [0.15, 0.2) is 35.7 Å². The standard InChI is InChI=1S/C22H28N4O2S/c23-11-12-24-20(27)22(9-5-2-6-10-22)26-19(18-7-3-1-4-8-18)17-29-21(26)25-13-15-28-16-14-25/h1,3-4,7-8,17,21H,2,5-6,9-10,12-16H2,(H,24,27). The first-order chi connectivity index (χ1) is 14.3. The van der Waals surface area contributed by atoms with Gasteiger partial charge in [0.05, 0.1) is 25.0 Å². The highest BCUT2D eigenvalue weighted by atomic mass is 32.2. The zero-order chi connectivity index (χ0) is 20.1. The van der Waals surface area contributed by atoms with Crippen molar-refractivity contribution in [2.75, 3.05) is 32.8 Å². The molecule has 1 aliphatic carbocycles. The number of nitrogens with zero attached hydrogens (tertiary/aromatic N) is 3. The second kappa shape index (κ2) is 9.21. The molecule has 0 bridgehead atoms. The highest BCUT2D eigenvalue weighted by molar-refractivity contribution is 8.03. The minimum absolute atomic E-state index is 0.0126. The van der Waals surface area contributed by atoms with Crippen molar-refractivity contribution in [1.82, 2.24) is 15.1 Å². The van der Waals surface area contributed by atoms with Crippen molar-refractivity contribution in [2.24, 2.45) is 0 Å². The summed E-state index contributed by atoms with van der Waals surface area (Å²) in [5.74, 6) is -0.0126. The number of hydrogen-bond acceptors (Lipinski definition) is 6. The van der Waals surface area contributed by atoms with E-state index >= 15 is 0 Å². The summed E-state index contributed by atoms with van der Waals surface area (Å²) in [6.07, 6.45) is 4.84. The van der Waals surface area contributed by atoms with E-state index < -0.39 is 5.54 Å². The Morgan fingerprint density at radius 2 is 1.93 bits per heavy atom. The van der Waals surface area contributed by atoms with Gasteiger partial charge in [0.2, 0.25) is 5.91 Å². The number of amides is 1. The van der Waals surface area contributed by atoms with Crippen molar-refractivity contribution in [3.8, 4) is 6.07 Å². The predicted molar refractivity (Wildman–Crippen MR) is 114 cm³/mol. The van der Waals surface area contributed by atoms with Crippen LogP contribution >= 0.6 is 11.8 Å². The Morgan fingerprint density at radius 1 is 1.21 bits per heavy atom. The second-order valence-electron chi connectivity index (χ2n) is 7.78. The van der Waals surface area contributed by atoms with Gasteiger partial charge in [-0.1, -0.05) is 61.4 Å². The van der Waals surface area contributed by atoms with Crippen LogP contribution in [0.1, 0.15) is 37.7 Å². The van der Waals surface area contributed by atoms with Gasteiger partial charge in [-0.3, -0.25) is 9.69 Å². The van der Waals surface area contributed by atoms with Crippen molar-refractivity contribution in [3.63, 3.8) is 0 Å². The highest BCUT2D eigenvalue weighted by Gasteiger charge is 2.51. The van der Waals surface area contributed by atoms with E-state index in [2.05, 4.69) is 38.7 Å². The molecule has 2 heterocycles. The number of nitrogens with one attached hydrogen (secondary N) is 1. The topological polar surface area (TPSA) is 68.6 Å². The molecule has 1 N–H and O–H groups in total. The van der Waals surface area contributed by atoms with Gasteiger partial charge in [-0.15, -0.1) is 0 Å². The minimum atomic E-state index is -0.622. The molecule has 1 aromatic rings. The summed E-state index contributed by atoms with van der Waals surface area (Å²) < 4.78 is 5.58. The lowest BCUT2D eigenvalue weighted by Crippen LogP contribution is -2.63. The van der Waals surface area contributed by atoms with E-state index in [0.29, 0.717) is 0 Å². The summed E-state index contributed by atoms with van der Waals surface area (Å²) in [7, 11) is 0. The first-order valence-corrected chi connectivity index (χ1v) is 11.4. The predicted octanol–water partition coefficient (Wildman–Crippen LogP) is 2.99. The minimum Gasteiger partial charge on any atom is -0.379 e. The summed E-state index contributed by atoms with van der Waals surface area (Å²) in [6, 6.07) is 12.4. The van der Waals surface area contributed by atoms with Crippen LogP contribution in [-0.4, -0.2) is 59.6 Å². The van der Waals surface area contributed by atoms with Crippen LogP contribution in [0.2, 0.25) is 0 Å². The first kappa shape index (κ1) is 20.3. The maximum absolute atomic E-state index is 13.5. The summed E-state index contributed by atoms with van der Waals surface area (Å²) in [5.41, 5.74) is 1.69. The molecule has 1 amide bonds. The van der Waals surface area contributed by atoms with Gasteiger partial charge in [0.15, 0.2) is 0 Å². The van der Waals surface area contributed by atoms with Crippen molar-refractivity contribution in [3.05, 3.63) is 41.3 Å². The Labute approximate surface area is 176 Å². The van der Waals surface area contributed by atoms with Gasteiger partial charge in [-0.2, -0.15) is 5.26 Å². The Kier molecular flexibility index (Phi) is 6.43. The Bertz CT molecular complexity index is 780. The van der Waals surface area contributed by atoms with Crippen LogP contribution in [0, 0.1) is 11.3 Å². The second-order valence-corrected chi connectivity index (χ2v) is 8.71. The van der Waals surface area contributed by atoms with E-state index in [1.165, 1.54) is 0 Å². The van der Waals surface area contributed by atoms with Crippen molar-refractivity contribution < 1.29 is 9.53 Å². The number of rotatable bonds is 5. The van der Waals surface area contributed by atoms with Crippen LogP contribution in [0.3, 0.4) is 0 Å². The maximum atomic E-state index is 13.5. The highest BCUT2D eigenvalue weighted by Crippen LogP contribution is 2.48. The number of carbonyl (C=O) groups is 1. The van der Waals surface area contributed by atoms with E-state index in [-0.39, 0.29) is 17.9 Å². The van der Waals surface area contributed by atoms with Gasteiger partial charge in [0.25, 0.3) is 0 Å². The number of ether oxygens (including phenoxy) is 1. The molecule has 1 unspecified atom stereocenters. The van der Waals surface area contributed by atoms with Gasteiger partial charge in [0.1, 0.15) is 17.6 Å². The van der Waals surface area contributed by atoms with Crippen LogP contribution in [0.5, 0.6) is 0 Å². The lowest BCUT2D eigenvalue weighted by molar-refractivity contribution is -0.136. The number of nitriles is 1. The summed E-state index contributed by atoms with van der Waals surface area (Å²) >= 11 is 1.78. The molecule has 2 fully saturated rings. The molecular formula is C22H28N4O2S. The monoisotopic (exact) mass is 412 g/mol. The smallest absolute Gasteiger partial charge is 0.246 e. The summed E-state index contributed by atoms with van der Waals surface area (Å²) in [6.45, 7) is 3.21. The molecule has 1 saturated heterocycles. The Morgan fingerprint density at radius 3 is 2.62 bits per heavy atom. The van der Waals surface area contributed by atoms with E-state index in [1.54, 1.807) is 11.8 Å². The number of morpholine rings is 1. The molecule has 6 nitrogen and oxygen atoms in total. The third kappa shape index (κ3) is 4.02. The largest absolute Gasteiger partial charge is 0.379 e. The van der Waals surface area contributed by atoms with Gasteiger partial charge >= 0.3 is 0 Å². The lowest BCUT2D eigenvalue weighted by Gasteiger charge is -2.50. The quantitative estimate of drug-likeness (QED) is 0.750. The van der Waals surface area contributed by atoms with Gasteiger partial charge in [-0.05, 0) is 23.8 Å². The van der Waals surface area contributed by atoms with Gasteiger partial charge in [-0.25, -0.2) is 0 Å². The fourth-order valence-corrected chi connectivity index (χ4v) is 5.99. The molecule has 1 atom stereocenters. The SMILES string of the molecule is N#CCNC(=O)C1(N2C(c3ccccc3)=CSC2N2CCOCC2)CCCCC1. The lowest BCUT2D eigenvalue weighted by atomic mass is 9.78. The molecule has 0 radical (unpaired) electrons. The fourth-order valence-electron chi connectivity index (χ4n) is 4.67. The van der Waals surface area contributed by atoms with Crippen LogP contribution in [-0.2, 0) is 9.53 Å². The molecule has 2 aliphatic heterocycles. The molecule has 0 spiro atoms. The normalized spacial score (nSPS) is 24.6. The van der Waals surface area contributed by atoms with E-state index in [1.807, 2.05) is 18.2 Å². The summed E-state index contributed by atoms with van der Waals surface area (Å²) in [5, 5.41) is 14.1. The van der Waals surface area contributed by atoms with Crippen LogP contribution in [0.4, 0.5) is 0 Å². The average molecular weight is 413 g/mol. The molecule has 3 aliphatic rings. The zero-order valence-electron chi connectivity index (χ0n) is 16.7. The van der Waals surface area contributed by atoms with E-state index in [4.69, 9.17) is 10.00 Å². The third-order valence-corrected chi connectivity index (χ3v) is 7.21. The number of thioether (sulfide) groups is 1. The number of benzene rings is 1. The number of hydrogen-bond donors (Lipinski definition) is 1. The maximum Gasteiger partial charge on any atom is 0.246 e. The van der Waals surface area contributed by atoms with Crippen LogP contribution < -0.4 is 5.32 Å². The van der Waals surface area contributed by atoms with E-state index in [9.17, 15) is 4.79 Å². The molecule has 154 valence electrons. The molecular weight excluding hydrogens is 384 g/mol. The summed E-state index contributed by atoms with van der Waals surface area (Å²) in [4.78, 5) is 18.3. The average Bonchev–Trinajstić information content (AvgIpc) is 3.25. The van der Waals surface area contributed by atoms with E-state index in [0.717, 1.165) is 69.7 Å². The van der Waals surface area contributed by atoms with Crippen molar-refractivity contribution >= 4 is 23.4 Å². The van der Waals surface area contributed by atoms with Gasteiger partial charge in [0, 0.05) is 13.1 Å². The number of carbonyl (C=O) groups excluding carboxylic acids is 1. The third-order valence-electron chi connectivity index (χ3n) is 6.10. The van der Waals surface area contributed by atoms with Crippen molar-refractivity contribution in [1.29, 1.82) is 5.26 Å². The fraction of sp³-hybridized carbons (Fsp3) is 0.545. The molecule has 0 aromatic heterocycles. The van der Waals surface area contributed by atoms with Crippen molar-refractivity contribution in [2.45, 2.75) is 43.1 Å². The molecule has 7 heteroatoms. The van der Waals surface area contributed by atoms with Gasteiger partial charge < -0.3 is 15.0 Å². The Hall–Kier alpha value is -2.01. The molecule has 4 rings (SSSR count). The first-order valence-electron chi connectivity index (χ1n) is 10.4. The Balaban J connectivity index is 1.74. The molecule has 29 heavy (non-hydrogen) atoms. The zero-order valence-corrected chi connectivity index (χ0v) is 17.5. The molecule has 1 aromatic carbocycles. The van der Waals surface area contributed by atoms with Crippen LogP contribution in [0.25, 0.3) is 5.70 Å².